The van der Waals surface area contributed by atoms with Crippen LogP contribution in [0.4, 0.5) is 5.82 Å². The molecule has 0 saturated heterocycles. The van der Waals surface area contributed by atoms with E-state index in [-0.39, 0.29) is 0 Å². The van der Waals surface area contributed by atoms with Crippen molar-refractivity contribution in [2.24, 2.45) is 5.92 Å². The Balaban J connectivity index is 1.64. The van der Waals surface area contributed by atoms with Gasteiger partial charge in [-0.2, -0.15) is 4.98 Å². The van der Waals surface area contributed by atoms with Crippen LogP contribution in [-0.2, 0) is 0 Å². The minimum atomic E-state index is 0.561. The van der Waals surface area contributed by atoms with Gasteiger partial charge in [-0.3, -0.25) is 0 Å². The smallest absolute Gasteiger partial charge is 0.218 e. The van der Waals surface area contributed by atoms with Gasteiger partial charge in [-0.25, -0.2) is 4.98 Å². The molecule has 1 aromatic heterocycles. The first-order valence-corrected chi connectivity index (χ1v) is 8.11. The Hall–Kier alpha value is -1.32. The zero-order valence-corrected chi connectivity index (χ0v) is 12.4. The lowest BCUT2D eigenvalue weighted by molar-refractivity contribution is 0.202. The number of hydrogen-bond acceptors (Lipinski definition) is 4. The second-order valence-electron chi connectivity index (χ2n) is 6.07. The molecule has 0 aromatic carbocycles. The maximum absolute atomic E-state index is 5.96. The second kappa shape index (κ2) is 6.42. The summed E-state index contributed by atoms with van der Waals surface area (Å²) in [6.45, 7) is 3.78. The Kier molecular flexibility index (Phi) is 4.38. The first-order valence-electron chi connectivity index (χ1n) is 8.11. The molecule has 0 radical (unpaired) electrons. The summed E-state index contributed by atoms with van der Waals surface area (Å²) in [4.78, 5) is 9.17. The quantitative estimate of drug-likeness (QED) is 0.859. The van der Waals surface area contributed by atoms with E-state index in [1.54, 1.807) is 0 Å². The molecule has 1 heterocycles. The topological polar surface area (TPSA) is 47.0 Å². The molecule has 0 atom stereocenters. The maximum Gasteiger partial charge on any atom is 0.218 e. The Bertz CT molecular complexity index is 439. The highest BCUT2D eigenvalue weighted by molar-refractivity contribution is 5.39. The molecule has 1 aromatic rings. The summed E-state index contributed by atoms with van der Waals surface area (Å²) in [5, 5.41) is 3.28. The van der Waals surface area contributed by atoms with Crippen molar-refractivity contribution in [1.29, 1.82) is 0 Å². The van der Waals surface area contributed by atoms with Gasteiger partial charge in [0.2, 0.25) is 5.88 Å². The summed E-state index contributed by atoms with van der Waals surface area (Å²) in [5.41, 5.74) is 0. The van der Waals surface area contributed by atoms with Crippen molar-refractivity contribution >= 4 is 5.82 Å². The SMILES string of the molecule is CCNc1cc(OCC2CCCCC2)nc(C2CC2)n1. The van der Waals surface area contributed by atoms with Crippen LogP contribution in [0.3, 0.4) is 0 Å². The van der Waals surface area contributed by atoms with Crippen molar-refractivity contribution in [3.05, 3.63) is 11.9 Å². The van der Waals surface area contributed by atoms with Gasteiger partial charge in [0.1, 0.15) is 11.6 Å². The summed E-state index contributed by atoms with van der Waals surface area (Å²) in [6.07, 6.45) is 9.15. The van der Waals surface area contributed by atoms with E-state index in [1.165, 1.54) is 44.9 Å². The lowest BCUT2D eigenvalue weighted by Gasteiger charge is -2.21. The van der Waals surface area contributed by atoms with E-state index in [0.717, 1.165) is 30.7 Å². The average molecular weight is 275 g/mol. The van der Waals surface area contributed by atoms with Crippen LogP contribution in [-0.4, -0.2) is 23.1 Å². The Morgan fingerprint density at radius 1 is 1.15 bits per heavy atom. The van der Waals surface area contributed by atoms with Crippen molar-refractivity contribution in [3.8, 4) is 5.88 Å². The highest BCUT2D eigenvalue weighted by Crippen LogP contribution is 2.39. The minimum absolute atomic E-state index is 0.561. The molecule has 3 rings (SSSR count). The lowest BCUT2D eigenvalue weighted by atomic mass is 9.90. The molecule has 110 valence electrons. The number of rotatable bonds is 6. The number of ether oxygens (including phenoxy) is 1. The van der Waals surface area contributed by atoms with Gasteiger partial charge in [-0.05, 0) is 38.5 Å². The average Bonchev–Trinajstić information content (AvgIpc) is 3.31. The van der Waals surface area contributed by atoms with Crippen molar-refractivity contribution in [2.75, 3.05) is 18.5 Å². The van der Waals surface area contributed by atoms with E-state index >= 15 is 0 Å². The van der Waals surface area contributed by atoms with E-state index in [1.807, 2.05) is 6.07 Å². The van der Waals surface area contributed by atoms with Crippen LogP contribution in [0, 0.1) is 5.92 Å². The molecule has 4 heteroatoms. The van der Waals surface area contributed by atoms with Gasteiger partial charge < -0.3 is 10.1 Å². The highest BCUT2D eigenvalue weighted by atomic mass is 16.5. The van der Waals surface area contributed by atoms with Crippen LogP contribution in [0.1, 0.15) is 63.6 Å². The zero-order valence-electron chi connectivity index (χ0n) is 12.4. The zero-order chi connectivity index (χ0) is 13.8. The van der Waals surface area contributed by atoms with Crippen molar-refractivity contribution in [1.82, 2.24) is 9.97 Å². The molecule has 2 saturated carbocycles. The summed E-state index contributed by atoms with van der Waals surface area (Å²) in [7, 11) is 0. The third-order valence-corrected chi connectivity index (χ3v) is 4.21. The Labute approximate surface area is 121 Å². The fourth-order valence-corrected chi connectivity index (χ4v) is 2.87. The summed E-state index contributed by atoms with van der Waals surface area (Å²) in [6, 6.07) is 1.94. The van der Waals surface area contributed by atoms with Crippen molar-refractivity contribution < 1.29 is 4.74 Å². The first kappa shape index (κ1) is 13.7. The van der Waals surface area contributed by atoms with Crippen LogP contribution >= 0.6 is 0 Å². The second-order valence-corrected chi connectivity index (χ2v) is 6.07. The number of anilines is 1. The third kappa shape index (κ3) is 3.62. The first-order chi connectivity index (χ1) is 9.85. The third-order valence-electron chi connectivity index (χ3n) is 4.21. The standard InChI is InChI=1S/C16H25N3O/c1-2-17-14-10-15(19-16(18-14)13-8-9-13)20-11-12-6-4-3-5-7-12/h10,12-13H,2-9,11H2,1H3,(H,17,18,19). The number of nitrogens with zero attached hydrogens (tertiary/aromatic N) is 2. The monoisotopic (exact) mass is 275 g/mol. The van der Waals surface area contributed by atoms with Crippen LogP contribution in [0.15, 0.2) is 6.07 Å². The predicted octanol–water partition coefficient (Wildman–Crippen LogP) is 3.74. The van der Waals surface area contributed by atoms with Crippen molar-refractivity contribution in [3.63, 3.8) is 0 Å². The number of aromatic nitrogens is 2. The fourth-order valence-electron chi connectivity index (χ4n) is 2.87. The van der Waals surface area contributed by atoms with Crippen LogP contribution in [0.25, 0.3) is 0 Å². The maximum atomic E-state index is 5.96. The Morgan fingerprint density at radius 3 is 2.65 bits per heavy atom. The van der Waals surface area contributed by atoms with Crippen LogP contribution in [0.2, 0.25) is 0 Å². The van der Waals surface area contributed by atoms with Crippen LogP contribution < -0.4 is 10.1 Å². The van der Waals surface area contributed by atoms with E-state index in [0.29, 0.717) is 11.8 Å². The lowest BCUT2D eigenvalue weighted by Crippen LogP contribution is -2.16. The van der Waals surface area contributed by atoms with Gasteiger partial charge in [0, 0.05) is 18.5 Å². The molecule has 1 N–H and O–H groups in total. The molecule has 2 aliphatic rings. The van der Waals surface area contributed by atoms with Gasteiger partial charge in [-0.15, -0.1) is 0 Å². The molecular weight excluding hydrogens is 250 g/mol. The molecule has 2 aliphatic carbocycles. The fraction of sp³-hybridized carbons (Fsp3) is 0.750. The number of nitrogens with one attached hydrogen (secondary N) is 1. The summed E-state index contributed by atoms with van der Waals surface area (Å²) in [5.74, 6) is 3.89. The van der Waals surface area contributed by atoms with E-state index in [2.05, 4.69) is 22.2 Å². The van der Waals surface area contributed by atoms with E-state index < -0.39 is 0 Å². The predicted molar refractivity (Wildman–Crippen MR) is 80.2 cm³/mol. The van der Waals surface area contributed by atoms with Crippen molar-refractivity contribution in [2.45, 2.75) is 57.8 Å². The minimum Gasteiger partial charge on any atom is -0.477 e. The van der Waals surface area contributed by atoms with E-state index in [9.17, 15) is 0 Å². The summed E-state index contributed by atoms with van der Waals surface area (Å²) < 4.78 is 5.96. The highest BCUT2D eigenvalue weighted by Gasteiger charge is 2.27. The van der Waals surface area contributed by atoms with Gasteiger partial charge in [0.25, 0.3) is 0 Å². The molecular formula is C16H25N3O. The van der Waals surface area contributed by atoms with Crippen LogP contribution in [0.5, 0.6) is 5.88 Å². The number of hydrogen-bond donors (Lipinski definition) is 1. The van der Waals surface area contributed by atoms with Gasteiger partial charge in [0.15, 0.2) is 0 Å². The summed E-state index contributed by atoms with van der Waals surface area (Å²) >= 11 is 0. The molecule has 0 bridgehead atoms. The molecule has 0 aliphatic heterocycles. The largest absolute Gasteiger partial charge is 0.477 e. The molecule has 0 amide bonds. The Morgan fingerprint density at radius 2 is 1.95 bits per heavy atom. The van der Waals surface area contributed by atoms with E-state index in [4.69, 9.17) is 4.74 Å². The molecule has 2 fully saturated rings. The normalized spacial score (nSPS) is 19.9. The van der Waals surface area contributed by atoms with Gasteiger partial charge >= 0.3 is 0 Å². The molecule has 4 nitrogen and oxygen atoms in total. The van der Waals surface area contributed by atoms with Gasteiger partial charge in [0.05, 0.1) is 6.61 Å². The molecule has 0 unspecified atom stereocenters. The molecule has 20 heavy (non-hydrogen) atoms. The van der Waals surface area contributed by atoms with Gasteiger partial charge in [-0.1, -0.05) is 19.3 Å². The molecule has 0 spiro atoms.